The highest BCUT2D eigenvalue weighted by atomic mass is 32.1. The Morgan fingerprint density at radius 3 is 1.81 bits per heavy atom. The van der Waals surface area contributed by atoms with Gasteiger partial charge in [-0.2, -0.15) is 12.6 Å². The van der Waals surface area contributed by atoms with Gasteiger partial charge in [-0.1, -0.05) is 20.3 Å². The smallest absolute Gasteiger partial charge is 0.487 e. The first-order chi connectivity index (χ1) is 17.5. The maximum atomic E-state index is 12.2. The van der Waals surface area contributed by atoms with Crippen molar-refractivity contribution in [2.45, 2.75) is 91.9 Å². The summed E-state index contributed by atoms with van der Waals surface area (Å²) >= 11 is 9.34. The zero-order chi connectivity index (χ0) is 28.2. The van der Waals surface area contributed by atoms with Crippen molar-refractivity contribution in [3.63, 3.8) is 0 Å². The van der Waals surface area contributed by atoms with Gasteiger partial charge in [0.1, 0.15) is 6.61 Å². The summed E-state index contributed by atoms with van der Waals surface area (Å²) < 4.78 is 41.5. The second-order valence-corrected chi connectivity index (χ2v) is 17.3. The first-order valence-electron chi connectivity index (χ1n) is 13.6. The van der Waals surface area contributed by atoms with E-state index in [2.05, 4.69) is 32.6 Å². The van der Waals surface area contributed by atoms with Gasteiger partial charge in [0.15, 0.2) is 5.05 Å². The minimum atomic E-state index is -2.52. The number of rotatable bonds is 23. The first-order valence-corrected chi connectivity index (χ1v) is 19.7. The van der Waals surface area contributed by atoms with Gasteiger partial charge in [0.25, 0.3) is 0 Å². The number of thiocarbonyl (C=S) groups is 1. The monoisotopic (exact) mass is 600 g/mol. The van der Waals surface area contributed by atoms with Crippen molar-refractivity contribution in [1.82, 2.24) is 0 Å². The van der Waals surface area contributed by atoms with Crippen LogP contribution in [0.15, 0.2) is 0 Å². The van der Waals surface area contributed by atoms with E-state index < -0.39 is 28.7 Å². The fourth-order valence-corrected chi connectivity index (χ4v) is 8.81. The van der Waals surface area contributed by atoms with E-state index in [0.29, 0.717) is 51.1 Å². The summed E-state index contributed by atoms with van der Waals surface area (Å²) in [7, 11) is -4.95. The Morgan fingerprint density at radius 1 is 0.784 bits per heavy atom. The van der Waals surface area contributed by atoms with Gasteiger partial charge < -0.3 is 31.9 Å². The van der Waals surface area contributed by atoms with Crippen molar-refractivity contribution in [2.24, 2.45) is 5.41 Å². The van der Waals surface area contributed by atoms with Gasteiger partial charge in [-0.3, -0.25) is 0 Å². The van der Waals surface area contributed by atoms with Crippen molar-refractivity contribution in [3.8, 4) is 0 Å². The van der Waals surface area contributed by atoms with Gasteiger partial charge in [-0.05, 0) is 82.7 Å². The fourth-order valence-electron chi connectivity index (χ4n) is 3.63. The Morgan fingerprint density at radius 2 is 1.35 bits per heavy atom. The molecule has 0 aliphatic carbocycles. The lowest BCUT2D eigenvalue weighted by atomic mass is 9.88. The van der Waals surface area contributed by atoms with Crippen LogP contribution in [0.4, 0.5) is 4.79 Å². The molecule has 0 heterocycles. The summed E-state index contributed by atoms with van der Waals surface area (Å²) in [5, 5.41) is 0.533. The van der Waals surface area contributed by atoms with Crippen LogP contribution in [0.25, 0.3) is 0 Å². The Balaban J connectivity index is 5.58. The van der Waals surface area contributed by atoms with E-state index in [4.69, 9.17) is 44.1 Å². The summed E-state index contributed by atoms with van der Waals surface area (Å²) in [5.74, 6) is 0.840. The van der Waals surface area contributed by atoms with Gasteiger partial charge >= 0.3 is 23.3 Å². The normalized spacial score (nSPS) is 16.3. The number of hydrogen-bond donors (Lipinski definition) is 1. The lowest BCUT2D eigenvalue weighted by molar-refractivity contribution is -0.0304. The highest BCUT2D eigenvalue weighted by Gasteiger charge is 2.41. The Kier molecular flexibility index (Phi) is 20.5. The van der Waals surface area contributed by atoms with Gasteiger partial charge in [-0.15, -0.1) is 0 Å². The molecule has 0 N–H and O–H groups in total. The predicted molar refractivity (Wildman–Crippen MR) is 160 cm³/mol. The molecule has 0 aromatic rings. The number of thiol groups is 1. The van der Waals surface area contributed by atoms with E-state index in [0.717, 1.165) is 43.5 Å². The highest BCUT2D eigenvalue weighted by molar-refractivity contribution is 7.80. The predicted octanol–water partition coefficient (Wildman–Crippen LogP) is 6.66. The lowest BCUT2D eigenvalue weighted by Gasteiger charge is -2.38. The third kappa shape index (κ3) is 17.2. The van der Waals surface area contributed by atoms with E-state index in [1.54, 1.807) is 6.92 Å². The third-order valence-corrected chi connectivity index (χ3v) is 12.3. The second kappa shape index (κ2) is 20.7. The standard InChI is InChI=1S/C25H52O8S2Si2/c1-8-15-28-24(26)29-20-25(9-2,21-32-36(6,30-10-3)18-13-12-17-34)22-33-37(7,31-11-4)19-14-16-27-23(5)35/h34H,8-22H2,1-7H3/t25?,36-,37?/m0/s1. The van der Waals surface area contributed by atoms with Crippen LogP contribution in [0.2, 0.25) is 25.2 Å². The van der Waals surface area contributed by atoms with Crippen LogP contribution in [0.5, 0.6) is 0 Å². The molecule has 0 bridgehead atoms. The van der Waals surface area contributed by atoms with Crippen LogP contribution < -0.4 is 0 Å². The Bertz CT molecular complexity index is 633. The molecule has 2 unspecified atom stereocenters. The van der Waals surface area contributed by atoms with Crippen LogP contribution in [-0.4, -0.2) is 80.3 Å². The number of unbranched alkanes of at least 4 members (excludes halogenated alkanes) is 1. The van der Waals surface area contributed by atoms with Crippen molar-refractivity contribution in [1.29, 1.82) is 0 Å². The summed E-state index contributed by atoms with van der Waals surface area (Å²) in [6, 6.07) is 1.64. The number of ether oxygens (including phenoxy) is 3. The Hall–Kier alpha value is -0.216. The van der Waals surface area contributed by atoms with E-state index >= 15 is 0 Å². The zero-order valence-corrected chi connectivity index (χ0v) is 27.9. The van der Waals surface area contributed by atoms with Crippen LogP contribution in [0.3, 0.4) is 0 Å². The number of carbonyl (C=O) groups is 1. The number of carbonyl (C=O) groups excluding carboxylic acids is 1. The van der Waals surface area contributed by atoms with E-state index in [1.165, 1.54) is 0 Å². The third-order valence-electron chi connectivity index (χ3n) is 6.06. The summed E-state index contributed by atoms with van der Waals surface area (Å²) in [6.45, 7) is 16.7. The molecule has 0 saturated heterocycles. The molecule has 0 fully saturated rings. The topological polar surface area (TPSA) is 81.7 Å². The maximum Gasteiger partial charge on any atom is 0.508 e. The zero-order valence-electron chi connectivity index (χ0n) is 24.2. The summed E-state index contributed by atoms with van der Waals surface area (Å²) in [6.07, 6.45) is 3.55. The molecule has 0 saturated carbocycles. The quantitative estimate of drug-likeness (QED) is 0.0455. The SMILES string of the molecule is CCCOC(=O)OCC(CC)(CO[Si](C)(CCCOC(C)=S)OCC)CO[Si@@](C)(CCCCS)OCC. The van der Waals surface area contributed by atoms with E-state index in [9.17, 15) is 4.79 Å². The van der Waals surface area contributed by atoms with Gasteiger partial charge in [0.2, 0.25) is 0 Å². The molecule has 3 atom stereocenters. The molecule has 0 aromatic carbocycles. The number of hydrogen-bond acceptors (Lipinski definition) is 10. The van der Waals surface area contributed by atoms with Crippen molar-refractivity contribution in [3.05, 3.63) is 0 Å². The van der Waals surface area contributed by atoms with Crippen molar-refractivity contribution < 1.29 is 36.7 Å². The van der Waals surface area contributed by atoms with Crippen molar-refractivity contribution >= 4 is 53.2 Å². The van der Waals surface area contributed by atoms with Crippen LogP contribution in [-0.2, 0) is 31.9 Å². The molecule has 12 heteroatoms. The fraction of sp³-hybridized carbons (Fsp3) is 0.920. The molecule has 0 aliphatic rings. The molecule has 0 amide bonds. The molecule has 0 aliphatic heterocycles. The lowest BCUT2D eigenvalue weighted by Crippen LogP contribution is -2.48. The van der Waals surface area contributed by atoms with Gasteiger partial charge in [0.05, 0.1) is 13.2 Å². The van der Waals surface area contributed by atoms with Crippen LogP contribution in [0, 0.1) is 5.41 Å². The molecule has 8 nitrogen and oxygen atoms in total. The molecular formula is C25H52O8S2Si2. The van der Waals surface area contributed by atoms with E-state index in [1.807, 2.05) is 20.8 Å². The Labute approximate surface area is 238 Å². The molecule has 37 heavy (non-hydrogen) atoms. The van der Waals surface area contributed by atoms with Crippen LogP contribution in [0.1, 0.15) is 66.7 Å². The second-order valence-electron chi connectivity index (χ2n) is 9.58. The molecular weight excluding hydrogens is 549 g/mol. The van der Waals surface area contributed by atoms with Gasteiger partial charge in [0, 0.05) is 38.8 Å². The molecule has 0 rings (SSSR count). The average molecular weight is 601 g/mol. The largest absolute Gasteiger partial charge is 0.508 e. The summed E-state index contributed by atoms with van der Waals surface area (Å²) in [4.78, 5) is 12.2. The molecule has 220 valence electrons. The van der Waals surface area contributed by atoms with Gasteiger partial charge in [-0.25, -0.2) is 4.79 Å². The van der Waals surface area contributed by atoms with E-state index in [-0.39, 0.29) is 6.61 Å². The summed E-state index contributed by atoms with van der Waals surface area (Å²) in [5.41, 5.74) is -0.563. The maximum absolute atomic E-state index is 12.2. The molecule has 0 radical (unpaired) electrons. The minimum Gasteiger partial charge on any atom is -0.487 e. The highest BCUT2D eigenvalue weighted by Crippen LogP contribution is 2.30. The van der Waals surface area contributed by atoms with Crippen LogP contribution >= 0.6 is 24.8 Å². The molecule has 0 aromatic heterocycles. The average Bonchev–Trinajstić information content (AvgIpc) is 2.86. The van der Waals surface area contributed by atoms with Crippen molar-refractivity contribution in [2.75, 3.05) is 52.0 Å². The molecule has 0 spiro atoms. The first kappa shape index (κ1) is 36.8. The minimum absolute atomic E-state index is 0.128.